The van der Waals surface area contributed by atoms with Crippen LogP contribution in [0.5, 0.6) is 0 Å². The fourth-order valence-corrected chi connectivity index (χ4v) is 5.75. The van der Waals surface area contributed by atoms with Crippen LogP contribution >= 0.6 is 0 Å². The number of amides is 6. The first kappa shape index (κ1) is 29.1. The summed E-state index contributed by atoms with van der Waals surface area (Å²) in [6.07, 6.45) is 1.52. The third-order valence-electron chi connectivity index (χ3n) is 6.99. The second kappa shape index (κ2) is 11.9. The summed E-state index contributed by atoms with van der Waals surface area (Å²) in [4.78, 5) is 64.8. The van der Waals surface area contributed by atoms with Gasteiger partial charge in [-0.2, -0.15) is 0 Å². The van der Waals surface area contributed by atoms with E-state index in [-0.39, 0.29) is 35.9 Å². The highest BCUT2D eigenvalue weighted by atomic mass is 16.6. The number of ether oxygens (including phenoxy) is 2. The Balaban J connectivity index is 1.67. The third kappa shape index (κ3) is 7.31. The summed E-state index contributed by atoms with van der Waals surface area (Å²) in [5.41, 5.74) is 0.441. The predicted molar refractivity (Wildman–Crippen MR) is 137 cm³/mol. The van der Waals surface area contributed by atoms with Crippen molar-refractivity contribution >= 4 is 29.8 Å². The molecular weight excluding hydrogens is 492 g/mol. The molecule has 1 aliphatic carbocycles. The van der Waals surface area contributed by atoms with E-state index < -0.39 is 36.6 Å². The Morgan fingerprint density at radius 2 is 1.63 bits per heavy atom. The molecule has 2 aliphatic rings. The molecule has 38 heavy (non-hydrogen) atoms. The molecule has 11 nitrogen and oxygen atoms in total. The third-order valence-corrected chi connectivity index (χ3v) is 6.99. The Bertz CT molecular complexity index is 1060. The zero-order valence-corrected chi connectivity index (χ0v) is 22.7. The number of carbonyl (C=O) groups is 5. The second-order valence-corrected chi connectivity index (χ2v) is 11.3. The van der Waals surface area contributed by atoms with Gasteiger partial charge < -0.3 is 20.1 Å². The van der Waals surface area contributed by atoms with Crippen molar-refractivity contribution in [3.8, 4) is 0 Å². The number of urea groups is 1. The number of carbonyl (C=O) groups excluding carboxylic acids is 5. The molecule has 1 saturated heterocycles. The van der Waals surface area contributed by atoms with Crippen LogP contribution in [-0.2, 0) is 30.3 Å². The lowest BCUT2D eigenvalue weighted by Crippen LogP contribution is -2.61. The Kier molecular flexibility index (Phi) is 9.14. The van der Waals surface area contributed by atoms with Gasteiger partial charge in [0.25, 0.3) is 0 Å². The van der Waals surface area contributed by atoms with Gasteiger partial charge in [0.2, 0.25) is 17.7 Å². The SMILES string of the molecule is COCN1C(=O)C(Cc2ccccc2)C(=O)N(COC(=O)NC2CC(C)(C)CC(C)(CNC(C)=O)C2)C1=O. The summed E-state index contributed by atoms with van der Waals surface area (Å²) in [5, 5.41) is 5.73. The predicted octanol–water partition coefficient (Wildman–Crippen LogP) is 2.64. The number of methoxy groups -OCH3 is 1. The first-order valence-corrected chi connectivity index (χ1v) is 12.7. The average molecular weight is 531 g/mol. The Morgan fingerprint density at radius 3 is 2.24 bits per heavy atom. The summed E-state index contributed by atoms with van der Waals surface area (Å²) >= 11 is 0. The van der Waals surface area contributed by atoms with Crippen LogP contribution in [0, 0.1) is 16.7 Å². The number of hydrogen-bond donors (Lipinski definition) is 2. The molecule has 2 N–H and O–H groups in total. The highest BCUT2D eigenvalue weighted by Crippen LogP contribution is 2.45. The van der Waals surface area contributed by atoms with E-state index in [1.165, 1.54) is 14.0 Å². The van der Waals surface area contributed by atoms with Crippen molar-refractivity contribution in [1.29, 1.82) is 0 Å². The van der Waals surface area contributed by atoms with Gasteiger partial charge in [-0.15, -0.1) is 0 Å². The quantitative estimate of drug-likeness (QED) is 0.469. The van der Waals surface area contributed by atoms with Gasteiger partial charge in [-0.3, -0.25) is 14.4 Å². The van der Waals surface area contributed by atoms with Crippen molar-refractivity contribution < 1.29 is 33.4 Å². The van der Waals surface area contributed by atoms with Gasteiger partial charge in [0, 0.05) is 26.6 Å². The molecule has 3 atom stereocenters. The van der Waals surface area contributed by atoms with Crippen molar-refractivity contribution in [2.75, 3.05) is 27.1 Å². The van der Waals surface area contributed by atoms with Crippen LogP contribution in [0.1, 0.15) is 52.5 Å². The number of barbiturate groups is 1. The first-order valence-electron chi connectivity index (χ1n) is 12.7. The van der Waals surface area contributed by atoms with Gasteiger partial charge in [-0.25, -0.2) is 19.4 Å². The molecule has 0 aromatic heterocycles. The first-order chi connectivity index (χ1) is 17.8. The van der Waals surface area contributed by atoms with Crippen LogP contribution in [0.2, 0.25) is 0 Å². The zero-order chi connectivity index (χ0) is 28.1. The van der Waals surface area contributed by atoms with Gasteiger partial charge in [0.05, 0.1) is 0 Å². The minimum Gasteiger partial charge on any atom is -0.427 e. The number of hydrogen-bond acceptors (Lipinski definition) is 7. The van der Waals surface area contributed by atoms with Crippen LogP contribution in [0.25, 0.3) is 0 Å². The highest BCUT2D eigenvalue weighted by molar-refractivity contribution is 6.16. The lowest BCUT2D eigenvalue weighted by molar-refractivity contribution is -0.154. The van der Waals surface area contributed by atoms with Crippen molar-refractivity contribution in [1.82, 2.24) is 20.4 Å². The summed E-state index contributed by atoms with van der Waals surface area (Å²) in [7, 11) is 1.34. The van der Waals surface area contributed by atoms with Crippen LogP contribution in [0.3, 0.4) is 0 Å². The molecule has 0 bridgehead atoms. The Labute approximate surface area is 223 Å². The lowest BCUT2D eigenvalue weighted by Gasteiger charge is -2.46. The number of benzene rings is 1. The molecule has 3 unspecified atom stereocenters. The van der Waals surface area contributed by atoms with E-state index in [2.05, 4.69) is 31.4 Å². The smallest absolute Gasteiger partial charge is 0.409 e. The molecule has 0 radical (unpaired) electrons. The molecule has 1 heterocycles. The summed E-state index contributed by atoms with van der Waals surface area (Å²) < 4.78 is 10.3. The van der Waals surface area contributed by atoms with Crippen LogP contribution in [0.15, 0.2) is 30.3 Å². The number of rotatable bonds is 9. The van der Waals surface area contributed by atoms with E-state index in [1.54, 1.807) is 24.3 Å². The largest absolute Gasteiger partial charge is 0.427 e. The van der Waals surface area contributed by atoms with Crippen molar-refractivity contribution in [2.45, 2.75) is 59.4 Å². The Morgan fingerprint density at radius 1 is 1.00 bits per heavy atom. The zero-order valence-electron chi connectivity index (χ0n) is 22.7. The topological polar surface area (TPSA) is 134 Å². The Hall–Kier alpha value is -3.47. The normalized spacial score (nSPS) is 25.2. The summed E-state index contributed by atoms with van der Waals surface area (Å²) in [6, 6.07) is 7.86. The maximum atomic E-state index is 13.2. The van der Waals surface area contributed by atoms with E-state index in [4.69, 9.17) is 9.47 Å². The number of nitrogens with zero attached hydrogens (tertiary/aromatic N) is 2. The van der Waals surface area contributed by atoms with Gasteiger partial charge in [-0.1, -0.05) is 51.1 Å². The van der Waals surface area contributed by atoms with E-state index in [1.807, 2.05) is 6.07 Å². The molecule has 3 rings (SSSR count). The van der Waals surface area contributed by atoms with Gasteiger partial charge in [0.15, 0.2) is 6.73 Å². The van der Waals surface area contributed by atoms with E-state index in [9.17, 15) is 24.0 Å². The molecular formula is C27H38N4O7. The number of nitrogens with one attached hydrogen (secondary N) is 2. The standard InChI is InChI=1S/C27H38N4O7/c1-18(32)28-15-27(4)13-20(12-26(2,3)14-27)29-24(35)38-17-31-23(34)21(11-19-9-7-6-8-10-19)22(33)30(16-37-5)25(31)36/h6-10,20-21H,11-17H2,1-5H3,(H,28,32)(H,29,35). The van der Waals surface area contributed by atoms with Crippen molar-refractivity contribution in [2.24, 2.45) is 16.7 Å². The molecule has 1 aromatic rings. The fraction of sp³-hybridized carbons (Fsp3) is 0.593. The second-order valence-electron chi connectivity index (χ2n) is 11.3. The average Bonchev–Trinajstić information content (AvgIpc) is 2.82. The molecule has 0 spiro atoms. The molecule has 2 fully saturated rings. The van der Waals surface area contributed by atoms with E-state index in [0.29, 0.717) is 19.4 Å². The van der Waals surface area contributed by atoms with Crippen LogP contribution in [0.4, 0.5) is 9.59 Å². The van der Waals surface area contributed by atoms with Crippen molar-refractivity contribution in [3.05, 3.63) is 35.9 Å². The molecule has 6 amide bonds. The summed E-state index contributed by atoms with van der Waals surface area (Å²) in [5.74, 6) is -2.65. The monoisotopic (exact) mass is 530 g/mol. The summed E-state index contributed by atoms with van der Waals surface area (Å²) in [6.45, 7) is 7.28. The fourth-order valence-electron chi connectivity index (χ4n) is 5.75. The minimum atomic E-state index is -1.15. The van der Waals surface area contributed by atoms with Crippen LogP contribution in [-0.4, -0.2) is 72.8 Å². The number of imide groups is 2. The van der Waals surface area contributed by atoms with Crippen molar-refractivity contribution in [3.63, 3.8) is 0 Å². The molecule has 1 aliphatic heterocycles. The molecule has 1 aromatic carbocycles. The maximum Gasteiger partial charge on any atom is 0.409 e. The maximum absolute atomic E-state index is 13.2. The minimum absolute atomic E-state index is 0.0894. The number of alkyl carbamates (subject to hydrolysis) is 1. The highest BCUT2D eigenvalue weighted by Gasteiger charge is 2.46. The molecule has 11 heteroatoms. The van der Waals surface area contributed by atoms with E-state index in [0.717, 1.165) is 21.8 Å². The van der Waals surface area contributed by atoms with Gasteiger partial charge >= 0.3 is 12.1 Å². The van der Waals surface area contributed by atoms with Gasteiger partial charge in [-0.05, 0) is 42.1 Å². The molecule has 1 saturated carbocycles. The van der Waals surface area contributed by atoms with E-state index >= 15 is 0 Å². The van der Waals surface area contributed by atoms with Crippen LogP contribution < -0.4 is 10.6 Å². The van der Waals surface area contributed by atoms with Gasteiger partial charge in [0.1, 0.15) is 12.6 Å². The lowest BCUT2D eigenvalue weighted by atomic mass is 9.62. The molecule has 208 valence electrons.